The number of nitrogens with zero attached hydrogens (tertiary/aromatic N) is 3. The Kier molecular flexibility index (Phi) is 3.90. The molecule has 1 aromatic heterocycles. The number of rotatable bonds is 3. The van der Waals surface area contributed by atoms with Crippen LogP contribution >= 0.6 is 0 Å². The van der Waals surface area contributed by atoms with E-state index in [4.69, 9.17) is 0 Å². The number of hydrogen-bond acceptors (Lipinski definition) is 4. The summed E-state index contributed by atoms with van der Waals surface area (Å²) >= 11 is 0. The Morgan fingerprint density at radius 2 is 1.80 bits per heavy atom. The van der Waals surface area contributed by atoms with E-state index < -0.39 is 0 Å². The van der Waals surface area contributed by atoms with Crippen molar-refractivity contribution >= 4 is 23.1 Å². The number of hydrogen-bond donors (Lipinski definition) is 1. The van der Waals surface area contributed by atoms with Gasteiger partial charge >= 0.3 is 0 Å². The van der Waals surface area contributed by atoms with Crippen molar-refractivity contribution in [2.45, 2.75) is 13.3 Å². The molecular weight excluding hydrogens is 312 g/mol. The van der Waals surface area contributed by atoms with Crippen LogP contribution in [0.25, 0.3) is 0 Å². The summed E-state index contributed by atoms with van der Waals surface area (Å²) in [4.78, 5) is 23.5. The first-order chi connectivity index (χ1) is 12.2. The van der Waals surface area contributed by atoms with Gasteiger partial charge in [0.25, 0.3) is 5.91 Å². The van der Waals surface area contributed by atoms with Crippen molar-refractivity contribution in [3.05, 3.63) is 77.7 Å². The summed E-state index contributed by atoms with van der Waals surface area (Å²) in [5.41, 5.74) is 3.57. The highest BCUT2D eigenvalue weighted by Gasteiger charge is 2.22. The maximum absolute atomic E-state index is 12.6. The fourth-order valence-electron chi connectivity index (χ4n) is 3.10. The van der Waals surface area contributed by atoms with E-state index >= 15 is 0 Å². The molecule has 1 amide bonds. The van der Waals surface area contributed by atoms with Crippen LogP contribution in [-0.4, -0.2) is 22.4 Å². The van der Waals surface area contributed by atoms with Crippen LogP contribution in [-0.2, 0) is 6.42 Å². The molecule has 1 aliphatic rings. The van der Waals surface area contributed by atoms with E-state index in [-0.39, 0.29) is 5.91 Å². The molecule has 4 rings (SSSR count). The lowest BCUT2D eigenvalue weighted by molar-refractivity contribution is 0.102. The third kappa shape index (κ3) is 3.08. The average Bonchev–Trinajstić information content (AvgIpc) is 3.06. The first-order valence-corrected chi connectivity index (χ1v) is 8.28. The van der Waals surface area contributed by atoms with Gasteiger partial charge in [-0.3, -0.25) is 4.79 Å². The Labute approximate surface area is 146 Å². The average molecular weight is 330 g/mol. The first-order valence-electron chi connectivity index (χ1n) is 8.28. The summed E-state index contributed by atoms with van der Waals surface area (Å²) in [5.74, 6) is 1.11. The SMILES string of the molecule is Cc1nc(C(=O)Nc2ccccc2)cc(N2CCc3ccccc32)n1. The fourth-order valence-corrected chi connectivity index (χ4v) is 3.10. The smallest absolute Gasteiger partial charge is 0.274 e. The number of aryl methyl sites for hydroxylation is 1. The second-order valence-electron chi connectivity index (χ2n) is 6.01. The van der Waals surface area contributed by atoms with Crippen molar-refractivity contribution in [3.63, 3.8) is 0 Å². The molecule has 124 valence electrons. The minimum Gasteiger partial charge on any atom is -0.326 e. The van der Waals surface area contributed by atoms with Crippen LogP contribution in [0.3, 0.4) is 0 Å². The maximum Gasteiger partial charge on any atom is 0.274 e. The van der Waals surface area contributed by atoms with Gasteiger partial charge in [0, 0.05) is 24.0 Å². The van der Waals surface area contributed by atoms with Crippen molar-refractivity contribution < 1.29 is 4.79 Å². The zero-order chi connectivity index (χ0) is 17.2. The van der Waals surface area contributed by atoms with E-state index in [0.29, 0.717) is 11.5 Å². The van der Waals surface area contributed by atoms with Gasteiger partial charge in [-0.25, -0.2) is 9.97 Å². The van der Waals surface area contributed by atoms with Crippen LogP contribution in [0.4, 0.5) is 17.2 Å². The number of nitrogens with one attached hydrogen (secondary N) is 1. The van der Waals surface area contributed by atoms with E-state index in [1.165, 1.54) is 5.56 Å². The van der Waals surface area contributed by atoms with Crippen LogP contribution in [0.2, 0.25) is 0 Å². The van der Waals surface area contributed by atoms with Crippen molar-refractivity contribution in [1.29, 1.82) is 0 Å². The van der Waals surface area contributed by atoms with Crippen molar-refractivity contribution in [2.75, 3.05) is 16.8 Å². The highest BCUT2D eigenvalue weighted by atomic mass is 16.1. The number of fused-ring (bicyclic) bond motifs is 1. The zero-order valence-corrected chi connectivity index (χ0v) is 13.9. The van der Waals surface area contributed by atoms with Crippen LogP contribution in [0.1, 0.15) is 21.9 Å². The molecule has 0 saturated carbocycles. The van der Waals surface area contributed by atoms with Crippen molar-refractivity contribution in [1.82, 2.24) is 9.97 Å². The molecule has 0 saturated heterocycles. The Balaban J connectivity index is 1.65. The summed E-state index contributed by atoms with van der Waals surface area (Å²) in [7, 11) is 0. The second kappa shape index (κ2) is 6.36. The predicted octanol–water partition coefficient (Wildman–Crippen LogP) is 3.73. The number of benzene rings is 2. The molecule has 0 aliphatic carbocycles. The summed E-state index contributed by atoms with van der Waals surface area (Å²) in [6.07, 6.45) is 0.977. The molecule has 0 spiro atoms. The molecule has 2 aromatic carbocycles. The fraction of sp³-hybridized carbons (Fsp3) is 0.150. The van der Waals surface area contributed by atoms with E-state index in [1.807, 2.05) is 49.4 Å². The van der Waals surface area contributed by atoms with Crippen LogP contribution in [0.5, 0.6) is 0 Å². The Bertz CT molecular complexity index is 924. The Hall–Kier alpha value is -3.21. The number of carbonyl (C=O) groups excluding carboxylic acids is 1. The monoisotopic (exact) mass is 330 g/mol. The summed E-state index contributed by atoms with van der Waals surface area (Å²) < 4.78 is 0. The molecule has 3 aromatic rings. The predicted molar refractivity (Wildman–Crippen MR) is 98.3 cm³/mol. The number of amides is 1. The summed E-state index contributed by atoms with van der Waals surface area (Å²) in [6, 6.07) is 19.4. The van der Waals surface area contributed by atoms with E-state index in [2.05, 4.69) is 32.3 Å². The second-order valence-corrected chi connectivity index (χ2v) is 6.01. The van der Waals surface area contributed by atoms with Gasteiger partial charge in [0.15, 0.2) is 0 Å². The number of aromatic nitrogens is 2. The van der Waals surface area contributed by atoms with E-state index in [1.54, 1.807) is 6.07 Å². The van der Waals surface area contributed by atoms with Gasteiger partial charge in [0.1, 0.15) is 17.3 Å². The van der Waals surface area contributed by atoms with Gasteiger partial charge in [-0.05, 0) is 37.1 Å². The highest BCUT2D eigenvalue weighted by Crippen LogP contribution is 2.33. The van der Waals surface area contributed by atoms with Crippen molar-refractivity contribution in [2.24, 2.45) is 0 Å². The number of anilines is 3. The molecule has 0 bridgehead atoms. The molecule has 0 radical (unpaired) electrons. The topological polar surface area (TPSA) is 58.1 Å². The largest absolute Gasteiger partial charge is 0.326 e. The van der Waals surface area contributed by atoms with Crippen LogP contribution in [0, 0.1) is 6.92 Å². The lowest BCUT2D eigenvalue weighted by Crippen LogP contribution is -2.19. The Morgan fingerprint density at radius 3 is 2.64 bits per heavy atom. The third-order valence-electron chi connectivity index (χ3n) is 4.25. The molecule has 25 heavy (non-hydrogen) atoms. The zero-order valence-electron chi connectivity index (χ0n) is 13.9. The molecule has 1 aliphatic heterocycles. The van der Waals surface area contributed by atoms with E-state index in [0.717, 1.165) is 30.2 Å². The Morgan fingerprint density at radius 1 is 1.04 bits per heavy atom. The number of para-hydroxylation sites is 2. The molecule has 2 heterocycles. The molecule has 0 unspecified atom stereocenters. The lowest BCUT2D eigenvalue weighted by atomic mass is 10.2. The molecule has 1 N–H and O–H groups in total. The van der Waals surface area contributed by atoms with Crippen molar-refractivity contribution in [3.8, 4) is 0 Å². The normalized spacial score (nSPS) is 12.8. The molecule has 5 heteroatoms. The maximum atomic E-state index is 12.6. The number of carbonyl (C=O) groups is 1. The minimum absolute atomic E-state index is 0.231. The van der Waals surface area contributed by atoms with Gasteiger partial charge in [0.2, 0.25) is 0 Å². The molecule has 5 nitrogen and oxygen atoms in total. The van der Waals surface area contributed by atoms with Gasteiger partial charge in [0.05, 0.1) is 0 Å². The minimum atomic E-state index is -0.231. The first kappa shape index (κ1) is 15.3. The summed E-state index contributed by atoms with van der Waals surface area (Å²) in [6.45, 7) is 2.67. The van der Waals surface area contributed by atoms with Gasteiger partial charge in [-0.1, -0.05) is 36.4 Å². The standard InChI is InChI=1S/C20H18N4O/c1-14-21-17(20(25)23-16-8-3-2-4-9-16)13-19(22-14)24-12-11-15-7-5-6-10-18(15)24/h2-10,13H,11-12H2,1H3,(H,23,25). The van der Waals surface area contributed by atoms with Crippen LogP contribution < -0.4 is 10.2 Å². The van der Waals surface area contributed by atoms with Gasteiger partial charge < -0.3 is 10.2 Å². The third-order valence-corrected chi connectivity index (χ3v) is 4.25. The molecule has 0 atom stereocenters. The molecule has 0 fully saturated rings. The van der Waals surface area contributed by atoms with Gasteiger partial charge in [-0.2, -0.15) is 0 Å². The lowest BCUT2D eigenvalue weighted by Gasteiger charge is -2.19. The van der Waals surface area contributed by atoms with Gasteiger partial charge in [-0.15, -0.1) is 0 Å². The quantitative estimate of drug-likeness (QED) is 0.795. The molecular formula is C20H18N4O. The summed E-state index contributed by atoms with van der Waals surface area (Å²) in [5, 5.41) is 2.87. The van der Waals surface area contributed by atoms with E-state index in [9.17, 15) is 4.79 Å². The van der Waals surface area contributed by atoms with Crippen LogP contribution in [0.15, 0.2) is 60.7 Å². The highest BCUT2D eigenvalue weighted by molar-refractivity contribution is 6.03.